The van der Waals surface area contributed by atoms with E-state index in [-0.39, 0.29) is 5.41 Å². The third kappa shape index (κ3) is 5.22. The molecule has 11 aromatic rings. The fourth-order valence-electron chi connectivity index (χ4n) is 9.88. The van der Waals surface area contributed by atoms with E-state index in [9.17, 15) is 0 Å². The van der Waals surface area contributed by atoms with Gasteiger partial charge in [-0.15, -0.1) is 0 Å². The number of anilines is 3. The van der Waals surface area contributed by atoms with Crippen LogP contribution in [0.5, 0.6) is 0 Å². The van der Waals surface area contributed by atoms with E-state index in [4.69, 9.17) is 4.42 Å². The Balaban J connectivity index is 1.02. The fraction of sp³-hybridized carbons (Fsp3) is 0.0526. The molecule has 0 unspecified atom stereocenters. The second-order valence-electron chi connectivity index (χ2n) is 16.5. The van der Waals surface area contributed by atoms with Crippen molar-refractivity contribution >= 4 is 60.8 Å². The van der Waals surface area contributed by atoms with Crippen molar-refractivity contribution in [2.75, 3.05) is 4.90 Å². The summed E-state index contributed by atoms with van der Waals surface area (Å²) in [7, 11) is 0. The lowest BCUT2D eigenvalue weighted by molar-refractivity contribution is 0.661. The zero-order valence-corrected chi connectivity index (χ0v) is 33.4. The summed E-state index contributed by atoms with van der Waals surface area (Å²) in [6.45, 7) is 4.72. The molecule has 0 radical (unpaired) electrons. The van der Waals surface area contributed by atoms with Crippen LogP contribution < -0.4 is 4.90 Å². The number of rotatable bonds is 6. The maximum absolute atomic E-state index is 6.40. The molecule has 0 aliphatic heterocycles. The Morgan fingerprint density at radius 2 is 1.07 bits per heavy atom. The highest BCUT2D eigenvalue weighted by Gasteiger charge is 2.36. The monoisotopic (exact) mass is 768 g/mol. The van der Waals surface area contributed by atoms with Crippen molar-refractivity contribution in [1.82, 2.24) is 4.57 Å². The number of para-hydroxylation sites is 2. The Hall–Kier alpha value is -7.62. The normalized spacial score (nSPS) is 13.0. The van der Waals surface area contributed by atoms with E-state index < -0.39 is 0 Å². The lowest BCUT2D eigenvalue weighted by Gasteiger charge is -2.27. The van der Waals surface area contributed by atoms with Crippen molar-refractivity contribution in [3.8, 4) is 39.1 Å². The number of aromatic nitrogens is 1. The van der Waals surface area contributed by atoms with Gasteiger partial charge in [-0.2, -0.15) is 0 Å². The summed E-state index contributed by atoms with van der Waals surface area (Å²) in [4.78, 5) is 2.37. The minimum Gasteiger partial charge on any atom is -0.456 e. The maximum Gasteiger partial charge on any atom is 0.137 e. The number of hydrogen-bond acceptors (Lipinski definition) is 2. The van der Waals surface area contributed by atoms with E-state index in [0.717, 1.165) is 39.0 Å². The molecule has 0 atom stereocenters. The van der Waals surface area contributed by atoms with Crippen LogP contribution in [-0.2, 0) is 5.41 Å². The second-order valence-corrected chi connectivity index (χ2v) is 16.5. The summed E-state index contributed by atoms with van der Waals surface area (Å²) >= 11 is 0. The van der Waals surface area contributed by atoms with E-state index in [2.05, 4.69) is 224 Å². The van der Waals surface area contributed by atoms with E-state index in [1.54, 1.807) is 0 Å². The molecule has 2 aromatic heterocycles. The van der Waals surface area contributed by atoms with Gasteiger partial charge >= 0.3 is 0 Å². The van der Waals surface area contributed by atoms with Crippen LogP contribution in [0.4, 0.5) is 17.1 Å². The van der Waals surface area contributed by atoms with Crippen molar-refractivity contribution in [2.45, 2.75) is 19.3 Å². The third-order valence-corrected chi connectivity index (χ3v) is 12.8. The molecular weight excluding hydrogens is 729 g/mol. The molecule has 0 bridgehead atoms. The summed E-state index contributed by atoms with van der Waals surface area (Å²) < 4.78 is 8.85. The molecule has 12 rings (SSSR count). The average Bonchev–Trinajstić information content (AvgIpc) is 3.92. The third-order valence-electron chi connectivity index (χ3n) is 12.8. The van der Waals surface area contributed by atoms with Crippen LogP contribution in [0.1, 0.15) is 25.0 Å². The van der Waals surface area contributed by atoms with Gasteiger partial charge in [-0.25, -0.2) is 0 Å². The number of fused-ring (bicyclic) bond motifs is 9. The fourth-order valence-corrected chi connectivity index (χ4v) is 9.88. The molecule has 0 saturated carbocycles. The van der Waals surface area contributed by atoms with Crippen molar-refractivity contribution in [1.29, 1.82) is 0 Å². The number of hydrogen-bond donors (Lipinski definition) is 0. The van der Waals surface area contributed by atoms with Crippen molar-refractivity contribution in [3.05, 3.63) is 217 Å². The predicted octanol–water partition coefficient (Wildman–Crippen LogP) is 15.8. The first-order valence-electron chi connectivity index (χ1n) is 20.8. The maximum atomic E-state index is 6.40. The van der Waals surface area contributed by atoms with Gasteiger partial charge in [0, 0.05) is 38.6 Å². The molecule has 0 N–H and O–H groups in total. The highest BCUT2D eigenvalue weighted by atomic mass is 16.3. The molecule has 3 nitrogen and oxygen atoms in total. The summed E-state index contributed by atoms with van der Waals surface area (Å²) in [6.07, 6.45) is 0. The topological polar surface area (TPSA) is 21.3 Å². The van der Waals surface area contributed by atoms with E-state index in [1.165, 1.54) is 72.0 Å². The van der Waals surface area contributed by atoms with Crippen molar-refractivity contribution in [3.63, 3.8) is 0 Å². The largest absolute Gasteiger partial charge is 0.456 e. The molecule has 284 valence electrons. The van der Waals surface area contributed by atoms with Gasteiger partial charge in [0.05, 0.1) is 22.1 Å². The summed E-state index contributed by atoms with van der Waals surface area (Å²) in [6, 6.07) is 74.8. The molecule has 9 aromatic carbocycles. The molecule has 3 heteroatoms. The molecule has 60 heavy (non-hydrogen) atoms. The quantitative estimate of drug-likeness (QED) is 0.168. The SMILES string of the molecule is CC1(C)c2ccccc2-c2cc3c4cc(-c5ccc(N(c6cccc(-c7ccccc7)c6)c6cccc7oc8ccccc8c67)cc5)ccc4n(-c4ccccc4)c3cc21. The van der Waals surface area contributed by atoms with Gasteiger partial charge in [0.1, 0.15) is 11.2 Å². The van der Waals surface area contributed by atoms with Gasteiger partial charge in [-0.3, -0.25) is 0 Å². The minimum absolute atomic E-state index is 0.0853. The lowest BCUT2D eigenvalue weighted by Crippen LogP contribution is -2.14. The molecule has 1 aliphatic carbocycles. The highest BCUT2D eigenvalue weighted by Crippen LogP contribution is 2.51. The first-order valence-corrected chi connectivity index (χ1v) is 20.8. The smallest absolute Gasteiger partial charge is 0.137 e. The predicted molar refractivity (Wildman–Crippen MR) is 251 cm³/mol. The van der Waals surface area contributed by atoms with Gasteiger partial charge in [-0.05, 0) is 123 Å². The van der Waals surface area contributed by atoms with Crippen LogP contribution in [-0.4, -0.2) is 4.57 Å². The van der Waals surface area contributed by atoms with Crippen LogP contribution in [0.3, 0.4) is 0 Å². The second kappa shape index (κ2) is 13.2. The van der Waals surface area contributed by atoms with E-state index in [0.29, 0.717) is 0 Å². The zero-order valence-electron chi connectivity index (χ0n) is 33.4. The van der Waals surface area contributed by atoms with Gasteiger partial charge in [-0.1, -0.05) is 141 Å². The van der Waals surface area contributed by atoms with Crippen LogP contribution >= 0.6 is 0 Å². The Kier molecular flexibility index (Phi) is 7.58. The van der Waals surface area contributed by atoms with Gasteiger partial charge < -0.3 is 13.9 Å². The lowest BCUT2D eigenvalue weighted by atomic mass is 9.82. The van der Waals surface area contributed by atoms with Gasteiger partial charge in [0.2, 0.25) is 0 Å². The first-order chi connectivity index (χ1) is 29.5. The first kappa shape index (κ1) is 34.4. The molecule has 2 heterocycles. The van der Waals surface area contributed by atoms with Gasteiger partial charge in [0.25, 0.3) is 0 Å². The van der Waals surface area contributed by atoms with Crippen LogP contribution in [0, 0.1) is 0 Å². The van der Waals surface area contributed by atoms with E-state index >= 15 is 0 Å². The van der Waals surface area contributed by atoms with Gasteiger partial charge in [0.15, 0.2) is 0 Å². The molecular formula is C57H40N2O. The Morgan fingerprint density at radius 3 is 1.92 bits per heavy atom. The van der Waals surface area contributed by atoms with Crippen LogP contribution in [0.2, 0.25) is 0 Å². The van der Waals surface area contributed by atoms with Crippen LogP contribution in [0.15, 0.2) is 211 Å². The summed E-state index contributed by atoms with van der Waals surface area (Å²) in [5.74, 6) is 0. The highest BCUT2D eigenvalue weighted by molar-refractivity contribution is 6.14. The van der Waals surface area contributed by atoms with Crippen molar-refractivity contribution in [2.24, 2.45) is 0 Å². The summed E-state index contributed by atoms with van der Waals surface area (Å²) in [5.41, 5.74) is 18.6. The molecule has 0 saturated heterocycles. The number of furan rings is 1. The Morgan fingerprint density at radius 1 is 0.417 bits per heavy atom. The molecule has 0 fully saturated rings. The van der Waals surface area contributed by atoms with Crippen LogP contribution in [0.25, 0.3) is 82.8 Å². The molecule has 1 aliphatic rings. The standard InChI is InChI=1S/C57H40N2O/c1-57(2)49-23-11-9-21-44(49)46-35-48-47-34-40(29-32-51(47)59(53(48)36-50(46)57)41-18-7-4-8-19-41)38-27-30-42(31-28-38)58(43-20-13-17-39(33-43)37-15-5-3-6-16-37)52-24-14-26-55-56(52)45-22-10-12-25-54(45)60-55/h3-36H,1-2H3. The summed E-state index contributed by atoms with van der Waals surface area (Å²) in [5, 5.41) is 4.71. The average molecular weight is 769 g/mol. The zero-order chi connectivity index (χ0) is 40.0. The number of nitrogens with zero attached hydrogens (tertiary/aromatic N) is 2. The van der Waals surface area contributed by atoms with Crippen molar-refractivity contribution < 1.29 is 4.42 Å². The van der Waals surface area contributed by atoms with E-state index in [1.807, 2.05) is 6.07 Å². The minimum atomic E-state index is -0.0853. The number of benzene rings is 9. The Labute approximate surface area is 349 Å². The Bertz CT molecular complexity index is 3450. The molecule has 0 amide bonds. The molecule has 0 spiro atoms.